The summed E-state index contributed by atoms with van der Waals surface area (Å²) >= 11 is 0. The second kappa shape index (κ2) is 9.98. The molecule has 1 aromatic heterocycles. The number of quaternary nitrogens is 1. The second-order valence-electron chi connectivity index (χ2n) is 7.44. The van der Waals surface area contributed by atoms with Crippen LogP contribution in [0.1, 0.15) is 36.7 Å². The van der Waals surface area contributed by atoms with Crippen LogP contribution < -0.4 is 15.8 Å². The largest absolute Gasteiger partial charge is 0.347 e. The molecule has 0 aliphatic carbocycles. The Balaban J connectivity index is 1.67. The lowest BCUT2D eigenvalue weighted by molar-refractivity contribution is -0.906. The van der Waals surface area contributed by atoms with E-state index in [1.807, 2.05) is 49.4 Å². The summed E-state index contributed by atoms with van der Waals surface area (Å²) in [6.07, 6.45) is 2.06. The van der Waals surface area contributed by atoms with Gasteiger partial charge in [-0.2, -0.15) is 0 Å². The van der Waals surface area contributed by atoms with Crippen LogP contribution in [0.4, 0.5) is 0 Å². The molecule has 0 aliphatic rings. The molecule has 6 nitrogen and oxygen atoms in total. The highest BCUT2D eigenvalue weighted by Crippen LogP contribution is 2.06. The third kappa shape index (κ3) is 5.74. The summed E-state index contributed by atoms with van der Waals surface area (Å²) in [5.41, 5.74) is 2.84. The average molecular weight is 394 g/mol. The molecular weight excluding hydrogens is 364 g/mol. The number of benzene rings is 2. The van der Waals surface area contributed by atoms with Crippen LogP contribution in [-0.4, -0.2) is 29.0 Å². The van der Waals surface area contributed by atoms with E-state index in [0.717, 1.165) is 29.8 Å². The Morgan fingerprint density at radius 2 is 1.90 bits per heavy atom. The first kappa shape index (κ1) is 20.7. The van der Waals surface area contributed by atoms with Crippen molar-refractivity contribution >= 4 is 16.8 Å². The fourth-order valence-electron chi connectivity index (χ4n) is 3.41. The van der Waals surface area contributed by atoms with Crippen molar-refractivity contribution in [2.24, 2.45) is 0 Å². The highest BCUT2D eigenvalue weighted by molar-refractivity contribution is 5.77. The minimum absolute atomic E-state index is 0.00231. The standard InChI is InChI=1S/C23H28N4O2/c1-3-4-13-27(16-22(28)24-14-18-10-6-5-9-17(18)2)15-21-25-20-12-8-7-11-19(20)23(29)26-21/h5-12H,3-4,13-16H2,1-2H3,(H,24,28)(H,25,26,29)/p+1. The van der Waals surface area contributed by atoms with Gasteiger partial charge in [-0.05, 0) is 36.6 Å². The highest BCUT2D eigenvalue weighted by Gasteiger charge is 2.16. The SMILES string of the molecule is CCCC[NH+](CC(=O)NCc1ccccc1C)Cc1nc2ccccc2c(=O)[nH]1. The number of H-pyrrole nitrogens is 1. The van der Waals surface area contributed by atoms with Crippen LogP contribution >= 0.6 is 0 Å². The fraction of sp³-hybridized carbons (Fsp3) is 0.348. The lowest BCUT2D eigenvalue weighted by Crippen LogP contribution is -3.12. The van der Waals surface area contributed by atoms with Crippen molar-refractivity contribution < 1.29 is 9.69 Å². The number of aromatic nitrogens is 2. The number of aryl methyl sites for hydroxylation is 1. The fourth-order valence-corrected chi connectivity index (χ4v) is 3.41. The van der Waals surface area contributed by atoms with Crippen molar-refractivity contribution in [3.05, 3.63) is 75.8 Å². The number of carbonyl (C=O) groups excluding carboxylic acids is 1. The van der Waals surface area contributed by atoms with Crippen molar-refractivity contribution in [3.63, 3.8) is 0 Å². The van der Waals surface area contributed by atoms with E-state index in [4.69, 9.17) is 0 Å². The maximum Gasteiger partial charge on any atom is 0.275 e. The molecule has 0 spiro atoms. The molecule has 1 heterocycles. The zero-order valence-corrected chi connectivity index (χ0v) is 17.1. The zero-order valence-electron chi connectivity index (χ0n) is 17.1. The number of rotatable bonds is 9. The normalized spacial score (nSPS) is 12.1. The van der Waals surface area contributed by atoms with Gasteiger partial charge in [-0.25, -0.2) is 4.98 Å². The molecule has 0 aliphatic heterocycles. The van der Waals surface area contributed by atoms with Crippen molar-refractivity contribution in [1.29, 1.82) is 0 Å². The summed E-state index contributed by atoms with van der Waals surface area (Å²) in [6.45, 7) is 6.41. The molecule has 6 heteroatoms. The molecule has 3 N–H and O–H groups in total. The van der Waals surface area contributed by atoms with Gasteiger partial charge in [0, 0.05) is 6.54 Å². The number of nitrogens with one attached hydrogen (secondary N) is 3. The van der Waals surface area contributed by atoms with Crippen LogP contribution in [0.3, 0.4) is 0 Å². The molecule has 1 atom stereocenters. The van der Waals surface area contributed by atoms with E-state index < -0.39 is 0 Å². The van der Waals surface area contributed by atoms with Gasteiger partial charge < -0.3 is 15.2 Å². The van der Waals surface area contributed by atoms with Crippen molar-refractivity contribution in [3.8, 4) is 0 Å². The summed E-state index contributed by atoms with van der Waals surface area (Å²) < 4.78 is 0. The van der Waals surface area contributed by atoms with E-state index in [1.54, 1.807) is 6.07 Å². The molecule has 3 rings (SSSR count). The van der Waals surface area contributed by atoms with E-state index in [9.17, 15) is 9.59 Å². The molecule has 0 saturated carbocycles. The average Bonchev–Trinajstić information content (AvgIpc) is 2.71. The number of carbonyl (C=O) groups is 1. The predicted octanol–water partition coefficient (Wildman–Crippen LogP) is 1.73. The molecule has 3 aromatic rings. The van der Waals surface area contributed by atoms with Gasteiger partial charge in [0.05, 0.1) is 17.4 Å². The molecule has 2 aromatic carbocycles. The van der Waals surface area contributed by atoms with Gasteiger partial charge in [-0.3, -0.25) is 9.59 Å². The summed E-state index contributed by atoms with van der Waals surface area (Å²) in [6, 6.07) is 15.4. The van der Waals surface area contributed by atoms with Gasteiger partial charge in [0.25, 0.3) is 11.5 Å². The van der Waals surface area contributed by atoms with Crippen molar-refractivity contribution in [2.75, 3.05) is 13.1 Å². The van der Waals surface area contributed by atoms with E-state index in [0.29, 0.717) is 36.4 Å². The van der Waals surface area contributed by atoms with Crippen LogP contribution in [0, 0.1) is 6.92 Å². The first-order valence-electron chi connectivity index (χ1n) is 10.2. The Bertz CT molecular complexity index is 1030. The van der Waals surface area contributed by atoms with Crippen LogP contribution in [0.25, 0.3) is 10.9 Å². The molecule has 1 amide bonds. The van der Waals surface area contributed by atoms with E-state index in [2.05, 4.69) is 22.2 Å². The smallest absolute Gasteiger partial charge is 0.275 e. The van der Waals surface area contributed by atoms with Gasteiger partial charge in [-0.15, -0.1) is 0 Å². The van der Waals surface area contributed by atoms with Crippen molar-refractivity contribution in [2.45, 2.75) is 39.8 Å². The Kier molecular flexibility index (Phi) is 7.14. The molecule has 152 valence electrons. The summed E-state index contributed by atoms with van der Waals surface area (Å²) in [7, 11) is 0. The molecule has 0 fully saturated rings. The quantitative estimate of drug-likeness (QED) is 0.518. The maximum atomic E-state index is 12.5. The Labute approximate surface area is 171 Å². The topological polar surface area (TPSA) is 79.3 Å². The molecule has 0 bridgehead atoms. The number of para-hydroxylation sites is 1. The minimum Gasteiger partial charge on any atom is -0.347 e. The molecule has 29 heavy (non-hydrogen) atoms. The number of amides is 1. The Morgan fingerprint density at radius 1 is 1.14 bits per heavy atom. The van der Waals surface area contributed by atoms with Gasteiger partial charge in [0.15, 0.2) is 12.4 Å². The highest BCUT2D eigenvalue weighted by atomic mass is 16.2. The number of hydrogen-bond acceptors (Lipinski definition) is 3. The van der Waals surface area contributed by atoms with Gasteiger partial charge in [0.2, 0.25) is 0 Å². The first-order valence-corrected chi connectivity index (χ1v) is 10.2. The number of fused-ring (bicyclic) bond motifs is 1. The Hall–Kier alpha value is -2.99. The van der Waals surface area contributed by atoms with Crippen LogP contribution in [-0.2, 0) is 17.9 Å². The minimum atomic E-state index is -0.135. The van der Waals surface area contributed by atoms with Gasteiger partial charge in [-0.1, -0.05) is 49.7 Å². The van der Waals surface area contributed by atoms with Gasteiger partial charge >= 0.3 is 0 Å². The van der Waals surface area contributed by atoms with Crippen LogP contribution in [0.15, 0.2) is 53.3 Å². The third-order valence-electron chi connectivity index (χ3n) is 5.11. The molecule has 1 unspecified atom stereocenters. The lowest BCUT2D eigenvalue weighted by atomic mass is 10.1. The molecular formula is C23H29N4O2+. The van der Waals surface area contributed by atoms with Gasteiger partial charge in [0.1, 0.15) is 6.54 Å². The molecule has 0 saturated heterocycles. The number of aromatic amines is 1. The van der Waals surface area contributed by atoms with E-state index in [1.165, 1.54) is 5.56 Å². The molecule has 0 radical (unpaired) electrons. The summed E-state index contributed by atoms with van der Waals surface area (Å²) in [5, 5.41) is 3.61. The van der Waals surface area contributed by atoms with E-state index in [-0.39, 0.29) is 11.5 Å². The Morgan fingerprint density at radius 3 is 2.69 bits per heavy atom. The van der Waals surface area contributed by atoms with E-state index >= 15 is 0 Å². The van der Waals surface area contributed by atoms with Crippen LogP contribution in [0.2, 0.25) is 0 Å². The summed E-state index contributed by atoms with van der Waals surface area (Å²) in [5.74, 6) is 0.619. The monoisotopic (exact) mass is 393 g/mol. The zero-order chi connectivity index (χ0) is 20.6. The van der Waals surface area contributed by atoms with Crippen molar-refractivity contribution in [1.82, 2.24) is 15.3 Å². The first-order chi connectivity index (χ1) is 14.1. The lowest BCUT2D eigenvalue weighted by Gasteiger charge is -2.19. The second-order valence-corrected chi connectivity index (χ2v) is 7.44. The number of hydrogen-bond donors (Lipinski definition) is 3. The summed E-state index contributed by atoms with van der Waals surface area (Å²) in [4.78, 5) is 33.4. The predicted molar refractivity (Wildman–Crippen MR) is 115 cm³/mol. The maximum absolute atomic E-state index is 12.5. The van der Waals surface area contributed by atoms with Crippen LogP contribution in [0.5, 0.6) is 0 Å². The third-order valence-corrected chi connectivity index (χ3v) is 5.11. The number of nitrogens with zero attached hydrogens (tertiary/aromatic N) is 1. The number of unbranched alkanes of at least 4 members (excludes halogenated alkanes) is 1.